The molecule has 0 spiro atoms. The Kier molecular flexibility index (Phi) is 3.21. The molecule has 1 heterocycles. The van der Waals surface area contributed by atoms with Crippen molar-refractivity contribution in [1.82, 2.24) is 4.98 Å². The second-order valence-electron chi connectivity index (χ2n) is 2.99. The second kappa shape index (κ2) is 4.04. The van der Waals surface area contributed by atoms with Gasteiger partial charge in [-0.15, -0.1) is 13.2 Å². The fourth-order valence-electron chi connectivity index (χ4n) is 1.02. The number of primary sulfonamides is 1. The molecule has 0 saturated carbocycles. The summed E-state index contributed by atoms with van der Waals surface area (Å²) >= 11 is 0. The highest BCUT2D eigenvalue weighted by atomic mass is 32.2. The van der Waals surface area contributed by atoms with Crippen LogP contribution in [0.3, 0.4) is 0 Å². The monoisotopic (exact) mass is 272 g/mol. The molecule has 3 N–H and O–H groups in total. The number of nitrogens with zero attached hydrogens (tertiary/aromatic N) is 1. The van der Waals surface area contributed by atoms with Crippen molar-refractivity contribution in [2.45, 2.75) is 18.2 Å². The van der Waals surface area contributed by atoms with Crippen LogP contribution in [0.4, 0.5) is 13.2 Å². The van der Waals surface area contributed by atoms with E-state index in [9.17, 15) is 26.7 Å². The Balaban J connectivity index is 3.30. The first-order valence-electron chi connectivity index (χ1n) is 3.99. The molecule has 0 aliphatic rings. The van der Waals surface area contributed by atoms with E-state index in [2.05, 4.69) is 9.72 Å². The van der Waals surface area contributed by atoms with Crippen LogP contribution in [0.25, 0.3) is 0 Å². The van der Waals surface area contributed by atoms with Crippen LogP contribution >= 0.6 is 0 Å². The summed E-state index contributed by atoms with van der Waals surface area (Å²) in [4.78, 5) is 2.46. The molecule has 0 radical (unpaired) electrons. The predicted octanol–water partition coefficient (Wildman–Crippen LogP) is 0.642. The Morgan fingerprint density at radius 1 is 1.47 bits per heavy atom. The highest BCUT2D eigenvalue weighted by Gasteiger charge is 2.34. The van der Waals surface area contributed by atoms with Crippen molar-refractivity contribution in [1.29, 1.82) is 0 Å². The molecule has 6 nitrogen and oxygen atoms in total. The zero-order chi connectivity index (χ0) is 13.4. The van der Waals surface area contributed by atoms with E-state index in [0.717, 1.165) is 6.92 Å². The number of pyridine rings is 1. The summed E-state index contributed by atoms with van der Waals surface area (Å²) in [5.41, 5.74) is -0.373. The van der Waals surface area contributed by atoms with Gasteiger partial charge in [-0.1, -0.05) is 0 Å². The van der Waals surface area contributed by atoms with Gasteiger partial charge in [-0.05, 0) is 6.92 Å². The van der Waals surface area contributed by atoms with E-state index >= 15 is 0 Å². The van der Waals surface area contributed by atoms with Gasteiger partial charge in [0.15, 0.2) is 5.75 Å². The molecular formula is C7H7F3N2O4S. The molecule has 0 aliphatic carbocycles. The Labute approximate surface area is 93.9 Å². The number of rotatable bonds is 2. The van der Waals surface area contributed by atoms with Gasteiger partial charge in [-0.3, -0.25) is 0 Å². The number of aromatic nitrogens is 1. The molecule has 96 valence electrons. The fraction of sp³-hybridized carbons (Fsp3) is 0.286. The molecule has 0 aliphatic heterocycles. The van der Waals surface area contributed by atoms with Gasteiger partial charge in [-0.25, -0.2) is 18.5 Å². The SMILES string of the molecule is Cc1c(S(N)(=O)=O)cnc(OC(F)(F)F)c1O. The molecule has 0 fully saturated rings. The molecule has 10 heteroatoms. The van der Waals surface area contributed by atoms with Gasteiger partial charge in [0.25, 0.3) is 5.88 Å². The van der Waals surface area contributed by atoms with Crippen LogP contribution in [0.1, 0.15) is 5.56 Å². The van der Waals surface area contributed by atoms with Crippen molar-refractivity contribution in [2.24, 2.45) is 5.14 Å². The van der Waals surface area contributed by atoms with Crippen LogP contribution in [-0.2, 0) is 10.0 Å². The predicted molar refractivity (Wildman–Crippen MR) is 48.7 cm³/mol. The molecule has 17 heavy (non-hydrogen) atoms. The first-order valence-corrected chi connectivity index (χ1v) is 5.54. The van der Waals surface area contributed by atoms with Crippen LogP contribution in [-0.4, -0.2) is 24.9 Å². The lowest BCUT2D eigenvalue weighted by Gasteiger charge is -2.11. The van der Waals surface area contributed by atoms with Crippen molar-refractivity contribution < 1.29 is 31.4 Å². The van der Waals surface area contributed by atoms with E-state index in [-0.39, 0.29) is 5.56 Å². The number of hydrogen-bond acceptors (Lipinski definition) is 5. The zero-order valence-corrected chi connectivity index (χ0v) is 9.13. The third-order valence-electron chi connectivity index (χ3n) is 1.75. The largest absolute Gasteiger partial charge is 0.574 e. The topological polar surface area (TPSA) is 103 Å². The maximum Gasteiger partial charge on any atom is 0.574 e. The lowest BCUT2D eigenvalue weighted by Crippen LogP contribution is -2.19. The summed E-state index contributed by atoms with van der Waals surface area (Å²) < 4.78 is 60.9. The summed E-state index contributed by atoms with van der Waals surface area (Å²) in [5.74, 6) is -2.17. The number of halogens is 3. The summed E-state index contributed by atoms with van der Waals surface area (Å²) in [6.45, 7) is 1.07. The minimum absolute atomic E-state index is 0.373. The van der Waals surface area contributed by atoms with E-state index in [0.29, 0.717) is 6.20 Å². The van der Waals surface area contributed by atoms with Crippen molar-refractivity contribution in [3.8, 4) is 11.6 Å². The Morgan fingerprint density at radius 2 is 2.00 bits per heavy atom. The van der Waals surface area contributed by atoms with Crippen molar-refractivity contribution in [3.05, 3.63) is 11.8 Å². The highest BCUT2D eigenvalue weighted by molar-refractivity contribution is 7.89. The third-order valence-corrected chi connectivity index (χ3v) is 2.77. The molecule has 0 unspecified atom stereocenters. The highest BCUT2D eigenvalue weighted by Crippen LogP contribution is 2.34. The van der Waals surface area contributed by atoms with Gasteiger partial charge in [0.05, 0.1) is 6.20 Å². The van der Waals surface area contributed by atoms with E-state index < -0.39 is 32.9 Å². The maximum absolute atomic E-state index is 11.9. The standard InChI is InChI=1S/C7H7F3N2O4S/c1-3-4(17(11,14)15)2-12-6(5(3)13)16-7(8,9)10/h2,13H,1H3,(H2,11,14,15). The quantitative estimate of drug-likeness (QED) is 0.822. The summed E-state index contributed by atoms with van der Waals surface area (Å²) in [5, 5.41) is 14.1. The van der Waals surface area contributed by atoms with Crippen molar-refractivity contribution in [3.63, 3.8) is 0 Å². The smallest absolute Gasteiger partial charge is 0.503 e. The normalized spacial score (nSPS) is 12.5. The van der Waals surface area contributed by atoms with Crippen molar-refractivity contribution >= 4 is 10.0 Å². The molecule has 0 saturated heterocycles. The maximum atomic E-state index is 11.9. The summed E-state index contributed by atoms with van der Waals surface area (Å²) in [6, 6.07) is 0. The number of sulfonamides is 1. The lowest BCUT2D eigenvalue weighted by molar-refractivity contribution is -0.276. The van der Waals surface area contributed by atoms with Crippen LogP contribution in [0.15, 0.2) is 11.1 Å². The van der Waals surface area contributed by atoms with Gasteiger partial charge in [0, 0.05) is 5.56 Å². The van der Waals surface area contributed by atoms with Crippen LogP contribution < -0.4 is 9.88 Å². The van der Waals surface area contributed by atoms with E-state index in [1.165, 1.54) is 0 Å². The first-order chi connectivity index (χ1) is 7.52. The average molecular weight is 272 g/mol. The Bertz CT molecular complexity index is 541. The van der Waals surface area contributed by atoms with Crippen LogP contribution in [0.5, 0.6) is 11.6 Å². The third kappa shape index (κ3) is 3.20. The minimum atomic E-state index is -5.04. The van der Waals surface area contributed by atoms with Crippen LogP contribution in [0, 0.1) is 6.92 Å². The lowest BCUT2D eigenvalue weighted by atomic mass is 10.3. The molecule has 1 aromatic heterocycles. The average Bonchev–Trinajstić information content (AvgIpc) is 2.08. The number of nitrogens with two attached hydrogens (primary N) is 1. The minimum Gasteiger partial charge on any atom is -0.503 e. The van der Waals surface area contributed by atoms with Gasteiger partial charge in [0.2, 0.25) is 10.0 Å². The molecule has 0 bridgehead atoms. The number of hydrogen-bond donors (Lipinski definition) is 2. The zero-order valence-electron chi connectivity index (χ0n) is 8.32. The molecule has 1 rings (SSSR count). The van der Waals surface area contributed by atoms with Crippen molar-refractivity contribution in [2.75, 3.05) is 0 Å². The molecular weight excluding hydrogens is 265 g/mol. The molecule has 0 atom stereocenters. The molecule has 0 aromatic carbocycles. The Morgan fingerprint density at radius 3 is 2.41 bits per heavy atom. The molecule has 0 amide bonds. The number of alkyl halides is 3. The fourth-order valence-corrected chi connectivity index (χ4v) is 1.75. The van der Waals surface area contributed by atoms with E-state index in [4.69, 9.17) is 5.14 Å². The van der Waals surface area contributed by atoms with E-state index in [1.54, 1.807) is 0 Å². The number of aromatic hydroxyl groups is 1. The van der Waals surface area contributed by atoms with Crippen LogP contribution in [0.2, 0.25) is 0 Å². The van der Waals surface area contributed by atoms with Gasteiger partial charge in [-0.2, -0.15) is 0 Å². The summed E-state index contributed by atoms with van der Waals surface area (Å²) in [7, 11) is -4.18. The first kappa shape index (κ1) is 13.5. The van der Waals surface area contributed by atoms with Gasteiger partial charge >= 0.3 is 6.36 Å². The Hall–Kier alpha value is -1.55. The van der Waals surface area contributed by atoms with Gasteiger partial charge < -0.3 is 9.84 Å². The van der Waals surface area contributed by atoms with E-state index in [1.807, 2.05) is 0 Å². The number of ether oxygens (including phenoxy) is 1. The second-order valence-corrected chi connectivity index (χ2v) is 4.52. The molecule has 1 aromatic rings. The van der Waals surface area contributed by atoms with Gasteiger partial charge in [0.1, 0.15) is 4.90 Å². The summed E-state index contributed by atoms with van der Waals surface area (Å²) in [6.07, 6.45) is -4.47.